The molecule has 1 N–H and O–H groups in total. The zero-order valence-electron chi connectivity index (χ0n) is 11.3. The van der Waals surface area contributed by atoms with Crippen LogP contribution in [0.5, 0.6) is 0 Å². The van der Waals surface area contributed by atoms with Crippen molar-refractivity contribution < 1.29 is 14.4 Å². The Morgan fingerprint density at radius 1 is 1.45 bits per heavy atom. The van der Waals surface area contributed by atoms with Crippen molar-refractivity contribution in [3.63, 3.8) is 0 Å². The second kappa shape index (κ2) is 5.75. The topological polar surface area (TPSA) is 79.8 Å². The van der Waals surface area contributed by atoms with Gasteiger partial charge in [-0.05, 0) is 24.6 Å². The number of nitro benzene ring substituents is 1. The molecule has 6 nitrogen and oxygen atoms in total. The third-order valence-electron chi connectivity index (χ3n) is 3.09. The summed E-state index contributed by atoms with van der Waals surface area (Å²) in [5.41, 5.74) is 1.94. The van der Waals surface area contributed by atoms with Crippen LogP contribution in [0.2, 0.25) is 0 Å². The molecule has 0 fully saturated rings. The van der Waals surface area contributed by atoms with E-state index >= 15 is 0 Å². The maximum absolute atomic E-state index is 11.2. The number of anilines is 1. The van der Waals surface area contributed by atoms with E-state index in [1.165, 1.54) is 6.07 Å². The molecule has 1 unspecified atom stereocenters. The number of nitro groups is 1. The van der Waals surface area contributed by atoms with Crippen molar-refractivity contribution in [2.24, 2.45) is 0 Å². The van der Waals surface area contributed by atoms with Gasteiger partial charge in [0.25, 0.3) is 5.69 Å². The molecule has 0 aliphatic heterocycles. The lowest BCUT2D eigenvalue weighted by Crippen LogP contribution is -2.17. The van der Waals surface area contributed by atoms with Crippen molar-refractivity contribution in [3.8, 4) is 0 Å². The van der Waals surface area contributed by atoms with E-state index in [4.69, 9.17) is 4.42 Å². The zero-order valence-corrected chi connectivity index (χ0v) is 11.3. The lowest BCUT2D eigenvalue weighted by molar-refractivity contribution is -0.384. The molecule has 106 valence electrons. The number of aliphatic hydroxyl groups excluding tert-OH is 1. The highest BCUT2D eigenvalue weighted by atomic mass is 16.6. The first-order valence-corrected chi connectivity index (χ1v) is 6.17. The van der Waals surface area contributed by atoms with Crippen LogP contribution in [0.3, 0.4) is 0 Å². The van der Waals surface area contributed by atoms with Crippen LogP contribution >= 0.6 is 0 Å². The quantitative estimate of drug-likeness (QED) is 0.671. The van der Waals surface area contributed by atoms with Gasteiger partial charge in [0.05, 0.1) is 23.6 Å². The van der Waals surface area contributed by atoms with Crippen molar-refractivity contribution >= 4 is 11.4 Å². The van der Waals surface area contributed by atoms with E-state index in [2.05, 4.69) is 0 Å². The van der Waals surface area contributed by atoms with Crippen LogP contribution in [0, 0.1) is 10.1 Å². The summed E-state index contributed by atoms with van der Waals surface area (Å²) in [6.07, 6.45) is 2.43. The van der Waals surface area contributed by atoms with Gasteiger partial charge in [-0.3, -0.25) is 10.1 Å². The molecule has 20 heavy (non-hydrogen) atoms. The van der Waals surface area contributed by atoms with Crippen LogP contribution in [0.25, 0.3) is 0 Å². The molecule has 0 amide bonds. The largest absolute Gasteiger partial charge is 0.472 e. The third-order valence-corrected chi connectivity index (χ3v) is 3.09. The average Bonchev–Trinajstić information content (AvgIpc) is 2.90. The van der Waals surface area contributed by atoms with Crippen molar-refractivity contribution in [1.82, 2.24) is 0 Å². The molecule has 2 aromatic rings. The Morgan fingerprint density at radius 3 is 2.75 bits per heavy atom. The molecule has 6 heteroatoms. The lowest BCUT2D eigenvalue weighted by Gasteiger charge is -2.19. The predicted octanol–water partition coefficient (Wildman–Crippen LogP) is 2.88. The van der Waals surface area contributed by atoms with Gasteiger partial charge < -0.3 is 14.4 Å². The van der Waals surface area contributed by atoms with Gasteiger partial charge in [-0.25, -0.2) is 0 Å². The summed E-state index contributed by atoms with van der Waals surface area (Å²) in [5.74, 6) is 0. The van der Waals surface area contributed by atoms with Gasteiger partial charge >= 0.3 is 0 Å². The summed E-state index contributed by atoms with van der Waals surface area (Å²) in [7, 11) is 1.78. The molecule has 1 atom stereocenters. The Morgan fingerprint density at radius 2 is 2.20 bits per heavy atom. The number of nitrogens with zero attached hydrogens (tertiary/aromatic N) is 2. The van der Waals surface area contributed by atoms with Gasteiger partial charge in [0.1, 0.15) is 5.69 Å². The molecule has 0 spiro atoms. The number of aliphatic hydroxyl groups is 1. The van der Waals surface area contributed by atoms with Crippen molar-refractivity contribution in [3.05, 3.63) is 58.0 Å². The number of furan rings is 1. The normalized spacial score (nSPS) is 12.2. The van der Waals surface area contributed by atoms with Gasteiger partial charge in [0.2, 0.25) is 0 Å². The Labute approximate surface area is 116 Å². The smallest absolute Gasteiger partial charge is 0.292 e. The Hall–Kier alpha value is -2.34. The van der Waals surface area contributed by atoms with E-state index in [1.54, 1.807) is 43.5 Å². The molecule has 1 heterocycles. The summed E-state index contributed by atoms with van der Waals surface area (Å²) in [4.78, 5) is 12.5. The first-order valence-electron chi connectivity index (χ1n) is 6.17. The minimum Gasteiger partial charge on any atom is -0.472 e. The first kappa shape index (κ1) is 14.1. The molecule has 0 saturated heterocycles. The van der Waals surface area contributed by atoms with Crippen molar-refractivity contribution in [2.75, 3.05) is 11.9 Å². The van der Waals surface area contributed by atoms with Gasteiger partial charge in [0, 0.05) is 25.2 Å². The average molecular weight is 276 g/mol. The predicted molar refractivity (Wildman–Crippen MR) is 74.5 cm³/mol. The van der Waals surface area contributed by atoms with Crippen LogP contribution in [0.4, 0.5) is 11.4 Å². The molecule has 0 radical (unpaired) electrons. The molecule has 0 bridgehead atoms. The minimum atomic E-state index is -0.734. The van der Waals surface area contributed by atoms with Crippen LogP contribution < -0.4 is 4.90 Å². The molecule has 2 rings (SSSR count). The van der Waals surface area contributed by atoms with Gasteiger partial charge in [-0.2, -0.15) is 0 Å². The second-order valence-electron chi connectivity index (χ2n) is 4.67. The highest BCUT2D eigenvalue weighted by Gasteiger charge is 2.19. The number of hydrogen-bond donors (Lipinski definition) is 1. The third kappa shape index (κ3) is 2.97. The van der Waals surface area contributed by atoms with E-state index < -0.39 is 11.0 Å². The zero-order chi connectivity index (χ0) is 14.7. The second-order valence-corrected chi connectivity index (χ2v) is 4.67. The maximum atomic E-state index is 11.2. The summed E-state index contributed by atoms with van der Waals surface area (Å²) >= 11 is 0. The fourth-order valence-corrected chi connectivity index (χ4v) is 2.01. The number of benzene rings is 1. The molecule has 0 saturated carbocycles. The summed E-state index contributed by atoms with van der Waals surface area (Å²) in [6, 6.07) is 6.57. The van der Waals surface area contributed by atoms with E-state index in [0.29, 0.717) is 17.8 Å². The van der Waals surface area contributed by atoms with E-state index in [9.17, 15) is 15.2 Å². The first-order chi connectivity index (χ1) is 9.49. The van der Waals surface area contributed by atoms with Gasteiger partial charge in [-0.15, -0.1) is 0 Å². The van der Waals surface area contributed by atoms with Crippen molar-refractivity contribution in [2.45, 2.75) is 19.6 Å². The molecular weight excluding hydrogens is 260 g/mol. The van der Waals surface area contributed by atoms with Gasteiger partial charge in [-0.1, -0.05) is 6.07 Å². The fourth-order valence-electron chi connectivity index (χ4n) is 2.01. The molecule has 1 aromatic carbocycles. The Bertz CT molecular complexity index is 593. The Balaban J connectivity index is 2.32. The summed E-state index contributed by atoms with van der Waals surface area (Å²) in [5, 5.41) is 20.7. The van der Waals surface area contributed by atoms with Crippen LogP contribution in [-0.4, -0.2) is 17.1 Å². The number of hydrogen-bond acceptors (Lipinski definition) is 5. The standard InChI is InChI=1S/C14H16N2O4/c1-10(17)12-3-4-13(14(7-12)16(18)19)15(2)8-11-5-6-20-9-11/h3-7,9-10,17H,8H2,1-2H3. The van der Waals surface area contributed by atoms with E-state index in [0.717, 1.165) is 5.56 Å². The van der Waals surface area contributed by atoms with Crippen molar-refractivity contribution in [1.29, 1.82) is 0 Å². The fraction of sp³-hybridized carbons (Fsp3) is 0.286. The highest BCUT2D eigenvalue weighted by molar-refractivity contribution is 5.64. The van der Waals surface area contributed by atoms with Crippen LogP contribution in [-0.2, 0) is 6.54 Å². The molecular formula is C14H16N2O4. The summed E-state index contributed by atoms with van der Waals surface area (Å²) < 4.78 is 4.99. The molecule has 0 aliphatic carbocycles. The van der Waals surface area contributed by atoms with E-state index in [1.807, 2.05) is 6.07 Å². The minimum absolute atomic E-state index is 0.0191. The lowest BCUT2D eigenvalue weighted by atomic mass is 10.1. The summed E-state index contributed by atoms with van der Waals surface area (Å²) in [6.45, 7) is 2.08. The van der Waals surface area contributed by atoms with Gasteiger partial charge in [0.15, 0.2) is 0 Å². The monoisotopic (exact) mass is 276 g/mol. The maximum Gasteiger partial charge on any atom is 0.292 e. The molecule has 1 aromatic heterocycles. The van der Waals surface area contributed by atoms with Crippen LogP contribution in [0.1, 0.15) is 24.2 Å². The SMILES string of the molecule is CC(O)c1ccc(N(C)Cc2ccoc2)c([N+](=O)[O-])c1. The molecule has 0 aliphatic rings. The Kier molecular flexibility index (Phi) is 4.05. The highest BCUT2D eigenvalue weighted by Crippen LogP contribution is 2.31. The number of rotatable bonds is 5. The van der Waals surface area contributed by atoms with E-state index in [-0.39, 0.29) is 5.69 Å². The van der Waals surface area contributed by atoms with Crippen LogP contribution in [0.15, 0.2) is 41.2 Å².